The highest BCUT2D eigenvalue weighted by Crippen LogP contribution is 2.62. The summed E-state index contributed by atoms with van der Waals surface area (Å²) in [5, 5.41) is 26.5. The van der Waals surface area contributed by atoms with Crippen molar-refractivity contribution in [2.24, 2.45) is 10.8 Å². The zero-order valence-electron chi connectivity index (χ0n) is 35.4. The number of rotatable bonds is 5. The van der Waals surface area contributed by atoms with E-state index >= 15 is 4.39 Å². The number of aliphatic hydroxyl groups excluding tert-OH is 1. The summed E-state index contributed by atoms with van der Waals surface area (Å²) in [7, 11) is 0. The molecule has 0 amide bonds. The first kappa shape index (κ1) is 45.7. The Kier molecular flexibility index (Phi) is 12.0. The molecule has 13 heteroatoms. The molecule has 12 rings (SSSR count). The zero-order chi connectivity index (χ0) is 45.3. The zero-order valence-corrected chi connectivity index (χ0v) is 38.7. The second-order valence-corrected chi connectivity index (χ2v) is 20.4. The van der Waals surface area contributed by atoms with E-state index in [1.54, 1.807) is 57.4 Å². The van der Waals surface area contributed by atoms with E-state index in [2.05, 4.69) is 55.8 Å². The lowest BCUT2D eigenvalue weighted by molar-refractivity contribution is -0.122. The molecule has 0 radical (unpaired) electrons. The van der Waals surface area contributed by atoms with Gasteiger partial charge in [0.1, 0.15) is 17.7 Å². The van der Waals surface area contributed by atoms with Gasteiger partial charge in [0.05, 0.1) is 35.2 Å². The van der Waals surface area contributed by atoms with Crippen molar-refractivity contribution in [3.05, 3.63) is 176 Å². The van der Waals surface area contributed by atoms with Crippen LogP contribution < -0.4 is 0 Å². The van der Waals surface area contributed by atoms with Gasteiger partial charge in [-0.25, -0.2) is 26.9 Å². The van der Waals surface area contributed by atoms with Gasteiger partial charge in [0, 0.05) is 41.0 Å². The molecule has 2 fully saturated rings. The molecule has 338 valence electrons. The van der Waals surface area contributed by atoms with Crippen molar-refractivity contribution in [2.45, 2.75) is 77.2 Å². The number of allylic oxidation sites excluding steroid dienone is 2. The summed E-state index contributed by atoms with van der Waals surface area (Å²) in [5.41, 5.74) is 2.57. The highest BCUT2D eigenvalue weighted by Gasteiger charge is 2.61. The molecule has 6 nitrogen and oxygen atoms in total. The van der Waals surface area contributed by atoms with Crippen molar-refractivity contribution < 1.29 is 27.5 Å². The van der Waals surface area contributed by atoms with E-state index in [9.17, 15) is 23.1 Å². The highest BCUT2D eigenvalue weighted by molar-refractivity contribution is 9.10. The van der Waals surface area contributed by atoms with Crippen molar-refractivity contribution >= 4 is 77.2 Å². The molecule has 4 aliphatic carbocycles. The maximum atomic E-state index is 16.8. The van der Waals surface area contributed by atoms with Crippen molar-refractivity contribution in [3.8, 4) is 11.4 Å². The van der Waals surface area contributed by atoms with Gasteiger partial charge in [-0.1, -0.05) is 68.8 Å². The van der Waals surface area contributed by atoms with Gasteiger partial charge in [-0.05, 0) is 149 Å². The van der Waals surface area contributed by atoms with E-state index in [-0.39, 0.29) is 31.9 Å². The molecule has 4 heterocycles. The molecule has 2 saturated carbocycles. The van der Waals surface area contributed by atoms with Crippen LogP contribution >= 0.6 is 38.6 Å². The molecule has 4 aromatic heterocycles. The average Bonchev–Trinajstić information content (AvgIpc) is 4.18. The molecule has 0 aliphatic heterocycles. The maximum absolute atomic E-state index is 16.8. The molecule has 1 unspecified atom stereocenters. The normalized spacial score (nSPS) is 24.0. The first-order chi connectivity index (χ1) is 31.2. The number of aromatic nitrogens is 4. The van der Waals surface area contributed by atoms with Gasteiger partial charge in [0.15, 0.2) is 17.6 Å². The fourth-order valence-electron chi connectivity index (χ4n) is 10.3. The number of nitrogens with zero attached hydrogens (tertiary/aromatic N) is 4. The molecule has 4 aliphatic rings. The Labute approximate surface area is 397 Å². The topological polar surface area (TPSA) is 72.9 Å². The van der Waals surface area contributed by atoms with Crippen LogP contribution in [0.25, 0.3) is 43.7 Å². The largest absolute Gasteiger partial charge is 0.385 e. The van der Waals surface area contributed by atoms with Crippen LogP contribution in [-0.2, 0) is 17.6 Å². The van der Waals surface area contributed by atoms with Crippen LogP contribution in [0.1, 0.15) is 81.1 Å². The lowest BCUT2D eigenvalue weighted by Crippen LogP contribution is -2.46. The Morgan fingerprint density at radius 3 is 1.74 bits per heavy atom. The minimum absolute atomic E-state index is 0. The molecule has 1 N–H and O–H groups in total. The number of alkyl halides is 2. The minimum atomic E-state index is -1.81. The van der Waals surface area contributed by atoms with Gasteiger partial charge >= 0.3 is 0 Å². The number of halogens is 5. The first-order valence-corrected chi connectivity index (χ1v) is 24.0. The number of carbonyl (C=O) groups excluding carboxylic acids is 1. The summed E-state index contributed by atoms with van der Waals surface area (Å²) in [6, 6.07) is 28.5. The van der Waals surface area contributed by atoms with Crippen LogP contribution in [0.4, 0.5) is 17.6 Å². The highest BCUT2D eigenvalue weighted by atomic mass is 79.9. The third-order valence-corrected chi connectivity index (χ3v) is 17.2. The summed E-state index contributed by atoms with van der Waals surface area (Å²) in [6.07, 6.45) is 9.27. The summed E-state index contributed by atoms with van der Waals surface area (Å²) >= 11 is 6.78. The van der Waals surface area contributed by atoms with Crippen molar-refractivity contribution in [3.63, 3.8) is 0 Å². The molecule has 0 saturated heterocycles. The van der Waals surface area contributed by atoms with E-state index in [0.717, 1.165) is 55.1 Å². The number of carbonyl (C=O) groups is 1. The van der Waals surface area contributed by atoms with Crippen LogP contribution in [0.15, 0.2) is 136 Å². The number of hydrogen-bond acceptors (Lipinski definition) is 6. The number of benzene rings is 4. The fraction of sp³-hybridized carbons (Fsp3) is 0.264. The Hall–Kier alpha value is -5.47. The Morgan fingerprint density at radius 1 is 0.697 bits per heavy atom. The third-order valence-electron chi connectivity index (χ3n) is 14.3. The molecular weight excluding hydrogens is 945 g/mol. The molecule has 4 aromatic carbocycles. The lowest BCUT2D eigenvalue weighted by atomic mass is 9.65. The second kappa shape index (κ2) is 17.3. The van der Waals surface area contributed by atoms with Crippen LogP contribution in [0.3, 0.4) is 0 Å². The van der Waals surface area contributed by atoms with Crippen LogP contribution in [0.5, 0.6) is 0 Å². The standard InChI is InChI=1S/C26H22F2N2OS.C18H16F2N2O.C8H5BrS.CH4/c1-25-13-16-14-29-30(19-8-6-18(27)7-9-19)22(16)12-17(25)10-11-26(25,28)24(31)21-15-32-23-5-3-2-4-20(21)23;1-17-9-12-10-21-22(15-4-2-14(19)3-5-15)16(12)8-13(17)6-7-18(17,20)11-23;9-7-5-10-8-4-2-1-3-6(7)8;/h2-9,12,14-15,24,31H,10-11,13H2,1H3;2-5,8,10-11H,6-7,9H2,1H3;1-5H;1H4/t24?,25-,26-;17-,18-;;/m00../s1. The van der Waals surface area contributed by atoms with Gasteiger partial charge in [0.2, 0.25) is 0 Å². The average molecular weight is 992 g/mol. The van der Waals surface area contributed by atoms with Crippen molar-refractivity contribution in [1.29, 1.82) is 0 Å². The molecule has 0 spiro atoms. The van der Waals surface area contributed by atoms with Crippen LogP contribution in [-0.4, -0.2) is 42.3 Å². The summed E-state index contributed by atoms with van der Waals surface area (Å²) < 4.78 is 65.4. The maximum Gasteiger partial charge on any atom is 0.175 e. The van der Waals surface area contributed by atoms with E-state index < -0.39 is 28.3 Å². The summed E-state index contributed by atoms with van der Waals surface area (Å²) in [6.45, 7) is 3.75. The minimum Gasteiger partial charge on any atom is -0.385 e. The first-order valence-electron chi connectivity index (χ1n) is 21.4. The number of fused-ring (bicyclic) bond motifs is 6. The van der Waals surface area contributed by atoms with Crippen LogP contribution in [0, 0.1) is 22.5 Å². The van der Waals surface area contributed by atoms with Crippen molar-refractivity contribution in [2.75, 3.05) is 0 Å². The van der Waals surface area contributed by atoms with Gasteiger partial charge in [0.25, 0.3) is 0 Å². The Balaban J connectivity index is 0.000000140. The SMILES string of the molecule is Brc1csc2ccccc12.C.C[C@]12Cc3cnn(-c4ccc(F)cc4)c3C=C1CC[C@]2(F)C(O)c1csc2ccccc12.C[C@]12Cc3cnn(-c4ccc(F)cc4)c3C=C1CC[C@]2(F)C=O. The molecule has 8 aromatic rings. The van der Waals surface area contributed by atoms with Gasteiger partial charge in [-0.3, -0.25) is 4.79 Å². The van der Waals surface area contributed by atoms with Gasteiger partial charge < -0.3 is 5.11 Å². The van der Waals surface area contributed by atoms with Gasteiger partial charge in [-0.15, -0.1) is 22.7 Å². The molecule has 66 heavy (non-hydrogen) atoms. The second-order valence-electron chi connectivity index (χ2n) is 17.8. The number of hydrogen-bond donors (Lipinski definition) is 1. The third kappa shape index (κ3) is 7.42. The lowest BCUT2D eigenvalue weighted by Gasteiger charge is -2.43. The van der Waals surface area contributed by atoms with E-state index in [4.69, 9.17) is 0 Å². The molecular formula is C53H47BrF4N4O2S2. The molecule has 5 atom stereocenters. The smallest absolute Gasteiger partial charge is 0.175 e. The Morgan fingerprint density at radius 2 is 1.18 bits per heavy atom. The Bertz CT molecular complexity index is 3170. The van der Waals surface area contributed by atoms with Crippen molar-refractivity contribution in [1.82, 2.24) is 19.6 Å². The van der Waals surface area contributed by atoms with Crippen LogP contribution in [0.2, 0.25) is 0 Å². The summed E-state index contributed by atoms with van der Waals surface area (Å²) in [4.78, 5) is 11.3. The predicted molar refractivity (Wildman–Crippen MR) is 262 cm³/mol. The quantitative estimate of drug-likeness (QED) is 0.138. The monoisotopic (exact) mass is 990 g/mol. The predicted octanol–water partition coefficient (Wildman–Crippen LogP) is 14.4. The number of aldehydes is 1. The molecule has 0 bridgehead atoms. The fourth-order valence-corrected chi connectivity index (χ4v) is 12.9. The van der Waals surface area contributed by atoms with E-state index in [0.29, 0.717) is 37.5 Å². The number of aliphatic hydroxyl groups is 1. The van der Waals surface area contributed by atoms with E-state index in [1.807, 2.05) is 55.6 Å². The summed E-state index contributed by atoms with van der Waals surface area (Å²) in [5.74, 6) is -0.599. The van der Waals surface area contributed by atoms with E-state index in [1.165, 1.54) is 50.2 Å². The van der Waals surface area contributed by atoms with Gasteiger partial charge in [-0.2, -0.15) is 10.2 Å². The number of thiophene rings is 2.